The van der Waals surface area contributed by atoms with Crippen LogP contribution < -0.4 is 25.7 Å². The summed E-state index contributed by atoms with van der Waals surface area (Å²) in [7, 11) is 1.75. The van der Waals surface area contributed by atoms with Crippen LogP contribution in [0.3, 0.4) is 0 Å². The molecule has 1 aliphatic heterocycles. The summed E-state index contributed by atoms with van der Waals surface area (Å²) in [6, 6.07) is 20.6. The Morgan fingerprint density at radius 1 is 1.04 bits per heavy atom. The lowest BCUT2D eigenvalue weighted by atomic mass is 10.1. The van der Waals surface area contributed by atoms with E-state index in [1.54, 1.807) is 66.3 Å². The zero-order valence-electron chi connectivity index (χ0n) is 26.1. The van der Waals surface area contributed by atoms with Crippen LogP contribution in [-0.4, -0.2) is 71.2 Å². The van der Waals surface area contributed by atoms with Crippen molar-refractivity contribution in [3.63, 3.8) is 0 Å². The summed E-state index contributed by atoms with van der Waals surface area (Å²) in [6.07, 6.45) is 0. The minimum Gasteiger partial charge on any atom is -0.455 e. The number of likely N-dealkylation sites (N-methyl/N-ethyl adjacent to an activating group) is 1. The molecule has 0 unspecified atom stereocenters. The highest BCUT2D eigenvalue weighted by molar-refractivity contribution is 8.26. The number of hydrogen-bond acceptors (Lipinski definition) is 8. The average Bonchev–Trinajstić information content (AvgIpc) is 3.44. The van der Waals surface area contributed by atoms with Crippen LogP contribution in [0.2, 0.25) is 5.02 Å². The molecule has 0 aromatic heterocycles. The van der Waals surface area contributed by atoms with E-state index in [1.807, 2.05) is 31.0 Å². The number of nitrogens with zero attached hydrogens (tertiary/aromatic N) is 3. The summed E-state index contributed by atoms with van der Waals surface area (Å²) in [5.74, 6) is 0.510. The molecular formula is C33H41ClN7O3S+. The Kier molecular flexibility index (Phi) is 12.0. The molecule has 0 atom stereocenters. The molecule has 10 nitrogen and oxygen atoms in total. The van der Waals surface area contributed by atoms with Crippen LogP contribution >= 0.6 is 23.4 Å². The van der Waals surface area contributed by atoms with Crippen LogP contribution in [0.15, 0.2) is 66.7 Å². The molecule has 0 fully saturated rings. The van der Waals surface area contributed by atoms with E-state index in [0.717, 1.165) is 11.8 Å². The fourth-order valence-corrected chi connectivity index (χ4v) is 5.50. The van der Waals surface area contributed by atoms with Gasteiger partial charge in [0, 0.05) is 56.8 Å². The summed E-state index contributed by atoms with van der Waals surface area (Å²) < 4.78 is 6.27. The lowest BCUT2D eigenvalue weighted by molar-refractivity contribution is -0.145. The van der Waals surface area contributed by atoms with E-state index in [2.05, 4.69) is 22.8 Å². The highest BCUT2D eigenvalue weighted by atomic mass is 35.5. The molecule has 5 N–H and O–H groups in total. The molecule has 0 aliphatic carbocycles. The molecule has 12 heteroatoms. The largest absolute Gasteiger partial charge is 0.455 e. The third-order valence-electron chi connectivity index (χ3n) is 7.14. The Bertz CT molecular complexity index is 1510. The van der Waals surface area contributed by atoms with Gasteiger partial charge in [0.2, 0.25) is 11.0 Å². The second-order valence-electron chi connectivity index (χ2n) is 11.1. The number of thioether (sulfide) groups is 1. The Morgan fingerprint density at radius 3 is 2.33 bits per heavy atom. The van der Waals surface area contributed by atoms with Crippen molar-refractivity contribution < 1.29 is 19.7 Å². The van der Waals surface area contributed by atoms with E-state index in [9.17, 15) is 9.59 Å². The minimum absolute atomic E-state index is 0.107. The van der Waals surface area contributed by atoms with Crippen molar-refractivity contribution >= 4 is 51.0 Å². The molecule has 3 aromatic rings. The Morgan fingerprint density at radius 2 is 1.71 bits per heavy atom. The van der Waals surface area contributed by atoms with E-state index in [-0.39, 0.29) is 29.9 Å². The number of rotatable bonds is 13. The van der Waals surface area contributed by atoms with Crippen LogP contribution in [-0.2, 0) is 22.7 Å². The summed E-state index contributed by atoms with van der Waals surface area (Å²) >= 11 is 7.23. The molecule has 2 amide bonds. The Labute approximate surface area is 274 Å². The maximum absolute atomic E-state index is 13.8. The molecule has 1 heterocycles. The van der Waals surface area contributed by atoms with Gasteiger partial charge in [-0.1, -0.05) is 49.7 Å². The predicted molar refractivity (Wildman–Crippen MR) is 182 cm³/mol. The quantitative estimate of drug-likeness (QED) is 0.126. The van der Waals surface area contributed by atoms with Crippen molar-refractivity contribution in [3.8, 4) is 11.5 Å². The molecule has 4 rings (SSSR count). The summed E-state index contributed by atoms with van der Waals surface area (Å²) in [4.78, 5) is 28.8. The number of fused-ring (bicyclic) bond motifs is 1. The molecule has 238 valence electrons. The van der Waals surface area contributed by atoms with Gasteiger partial charge in [-0.2, -0.15) is 0 Å². The Balaban J connectivity index is 1.64. The summed E-state index contributed by atoms with van der Waals surface area (Å²) in [5, 5.41) is 25.7. The summed E-state index contributed by atoms with van der Waals surface area (Å²) in [5.41, 5.74) is 3.42. The molecule has 0 bridgehead atoms. The van der Waals surface area contributed by atoms with Crippen molar-refractivity contribution in [1.82, 2.24) is 20.7 Å². The highest BCUT2D eigenvalue weighted by Crippen LogP contribution is 2.35. The first-order valence-corrected chi connectivity index (χ1v) is 16.0. The van der Waals surface area contributed by atoms with E-state index in [1.165, 1.54) is 11.1 Å². The first-order chi connectivity index (χ1) is 21.5. The van der Waals surface area contributed by atoms with Crippen molar-refractivity contribution in [2.75, 3.05) is 38.1 Å². The molecule has 0 saturated heterocycles. The molecular weight excluding hydrogens is 610 g/mol. The third-order valence-corrected chi connectivity index (χ3v) is 8.15. The second-order valence-corrected chi connectivity index (χ2v) is 12.8. The maximum Gasteiger partial charge on any atom is 0.256 e. The van der Waals surface area contributed by atoms with Crippen molar-refractivity contribution in [1.29, 1.82) is 5.41 Å². The molecule has 0 radical (unpaired) electrons. The maximum atomic E-state index is 13.8. The van der Waals surface area contributed by atoms with E-state index >= 15 is 0 Å². The van der Waals surface area contributed by atoms with E-state index in [0.29, 0.717) is 65.0 Å². The number of nitrogens with one attached hydrogen (secondary N) is 3. The lowest BCUT2D eigenvalue weighted by Gasteiger charge is -2.32. The molecule has 1 aliphatic rings. The number of ether oxygens (including phenoxy) is 1. The van der Waals surface area contributed by atoms with Gasteiger partial charge < -0.3 is 20.3 Å². The topological polar surface area (TPSA) is 127 Å². The molecule has 0 spiro atoms. The van der Waals surface area contributed by atoms with Crippen LogP contribution in [0.1, 0.15) is 37.5 Å². The SMILES string of the molecule is CC(=[NH2+])SC(=N)c1ccc(Oc2ccc(Cl)cc2)c(N(CC(=O)NCCNC(C)C)CC(=O)N(C)N2Cc3ccccc3C2)c1. The number of benzene rings is 3. The number of nitrogens with two attached hydrogens (primary N) is 1. The van der Waals surface area contributed by atoms with Crippen molar-refractivity contribution in [3.05, 3.63) is 88.4 Å². The predicted octanol–water partition coefficient (Wildman–Crippen LogP) is 3.68. The van der Waals surface area contributed by atoms with Gasteiger partial charge in [0.25, 0.3) is 5.91 Å². The van der Waals surface area contributed by atoms with Gasteiger partial charge in [0.05, 0.1) is 18.8 Å². The van der Waals surface area contributed by atoms with Crippen LogP contribution in [0, 0.1) is 5.41 Å². The number of hydrogen-bond donors (Lipinski definition) is 4. The van der Waals surface area contributed by atoms with Gasteiger partial charge in [-0.25, -0.2) is 5.01 Å². The van der Waals surface area contributed by atoms with Crippen LogP contribution in [0.5, 0.6) is 11.5 Å². The van der Waals surface area contributed by atoms with Gasteiger partial charge in [0.15, 0.2) is 5.75 Å². The third kappa shape index (κ3) is 9.79. The highest BCUT2D eigenvalue weighted by Gasteiger charge is 2.28. The van der Waals surface area contributed by atoms with Gasteiger partial charge in [-0.3, -0.25) is 25.4 Å². The van der Waals surface area contributed by atoms with E-state index in [4.69, 9.17) is 27.2 Å². The zero-order chi connectivity index (χ0) is 32.5. The molecule has 0 saturated carbocycles. The summed E-state index contributed by atoms with van der Waals surface area (Å²) in [6.45, 7) is 7.88. The fraction of sp³-hybridized carbons (Fsp3) is 0.333. The average molecular weight is 651 g/mol. The second kappa shape index (κ2) is 15.9. The van der Waals surface area contributed by atoms with Gasteiger partial charge in [-0.05, 0) is 65.4 Å². The minimum atomic E-state index is -0.247. The van der Waals surface area contributed by atoms with Crippen molar-refractivity contribution in [2.45, 2.75) is 39.9 Å². The van der Waals surface area contributed by atoms with E-state index < -0.39 is 0 Å². The van der Waals surface area contributed by atoms with Crippen LogP contribution in [0.4, 0.5) is 5.69 Å². The van der Waals surface area contributed by atoms with Gasteiger partial charge >= 0.3 is 0 Å². The molecule has 45 heavy (non-hydrogen) atoms. The monoisotopic (exact) mass is 650 g/mol. The fourth-order valence-electron chi connectivity index (χ4n) is 4.81. The number of amides is 2. The first kappa shape index (κ1) is 34.0. The van der Waals surface area contributed by atoms with Gasteiger partial charge in [-0.15, -0.1) is 0 Å². The standard InChI is InChI=1S/C33H40ClN7O3S/c1-22(2)37-15-16-38-31(42)20-40(21-32(43)39(4)41-18-25-7-5-6-8-26(25)19-41)29-17-24(33(36)45-23(3)35)9-14-30(29)44-28-12-10-27(34)11-13-28/h5-14,17,22,35-37H,15-16,18-21H2,1-4H3,(H,38,42)/p+1. The van der Waals surface area contributed by atoms with Crippen LogP contribution in [0.25, 0.3) is 0 Å². The number of halogens is 1. The van der Waals surface area contributed by atoms with Gasteiger partial charge in [0.1, 0.15) is 10.8 Å². The number of anilines is 1. The first-order valence-electron chi connectivity index (χ1n) is 14.8. The number of carbonyl (C=O) groups excluding carboxylic acids is 2. The molecule has 3 aromatic carbocycles. The number of hydrazine groups is 1. The number of carbonyl (C=O) groups is 2. The normalized spacial score (nSPS) is 12.5. The lowest BCUT2D eigenvalue weighted by Crippen LogP contribution is -2.48. The smallest absolute Gasteiger partial charge is 0.256 e. The van der Waals surface area contributed by atoms with Crippen molar-refractivity contribution in [2.24, 2.45) is 0 Å². The Hall–Kier alpha value is -3.90. The zero-order valence-corrected chi connectivity index (χ0v) is 27.7.